The van der Waals surface area contributed by atoms with Crippen molar-refractivity contribution in [2.45, 2.75) is 39.2 Å². The van der Waals surface area contributed by atoms with E-state index >= 15 is 0 Å². The maximum atomic E-state index is 9.96. The van der Waals surface area contributed by atoms with Crippen LogP contribution < -0.4 is 4.74 Å². The first-order chi connectivity index (χ1) is 7.19. The Kier molecular flexibility index (Phi) is 4.63. The van der Waals surface area contributed by atoms with E-state index < -0.39 is 0 Å². The highest BCUT2D eigenvalue weighted by atomic mass is 16.5. The van der Waals surface area contributed by atoms with Gasteiger partial charge in [0.25, 0.3) is 0 Å². The summed E-state index contributed by atoms with van der Waals surface area (Å²) in [7, 11) is 1.65. The number of hydrogen-bond donors (Lipinski definition) is 1. The van der Waals surface area contributed by atoms with Gasteiger partial charge in [0, 0.05) is 0 Å². The molecule has 1 rings (SSSR count). The predicted octanol–water partition coefficient (Wildman–Crippen LogP) is 3.23. The number of methoxy groups -OCH3 is 1. The normalized spacial score (nSPS) is 12.5. The van der Waals surface area contributed by atoms with Crippen LogP contribution in [0.5, 0.6) is 5.75 Å². The first-order valence-corrected chi connectivity index (χ1v) is 5.51. The highest BCUT2D eigenvalue weighted by Gasteiger charge is 2.10. The van der Waals surface area contributed by atoms with Gasteiger partial charge in [-0.1, -0.05) is 25.8 Å². The van der Waals surface area contributed by atoms with Gasteiger partial charge in [-0.25, -0.2) is 0 Å². The molecular formula is C13H20O2. The van der Waals surface area contributed by atoms with Crippen molar-refractivity contribution in [1.82, 2.24) is 0 Å². The first-order valence-electron chi connectivity index (χ1n) is 5.51. The fraction of sp³-hybridized carbons (Fsp3) is 0.538. The number of aliphatic hydroxyl groups excluding tert-OH is 1. The molecule has 0 bridgehead atoms. The average molecular weight is 208 g/mol. The minimum atomic E-state index is -0.337. The van der Waals surface area contributed by atoms with Crippen molar-refractivity contribution in [2.24, 2.45) is 0 Å². The standard InChI is InChI=1S/C13H20O2/c1-4-5-6-13(14)12-8-7-11(15-3)9-10(12)2/h7-9,13-14H,4-6H2,1-3H3. The van der Waals surface area contributed by atoms with E-state index in [2.05, 4.69) is 6.92 Å². The maximum absolute atomic E-state index is 9.96. The number of aryl methyl sites for hydroxylation is 1. The van der Waals surface area contributed by atoms with Crippen LogP contribution in [0.4, 0.5) is 0 Å². The molecule has 0 spiro atoms. The zero-order valence-corrected chi connectivity index (χ0v) is 9.79. The third-order valence-corrected chi connectivity index (χ3v) is 2.67. The van der Waals surface area contributed by atoms with Crippen molar-refractivity contribution in [3.8, 4) is 5.75 Å². The Hall–Kier alpha value is -1.02. The topological polar surface area (TPSA) is 29.5 Å². The van der Waals surface area contributed by atoms with E-state index in [-0.39, 0.29) is 6.10 Å². The van der Waals surface area contributed by atoms with Gasteiger partial charge in [0.15, 0.2) is 0 Å². The Labute approximate surface area is 91.9 Å². The SMILES string of the molecule is CCCCC(O)c1ccc(OC)cc1C. The molecule has 0 aliphatic heterocycles. The van der Waals surface area contributed by atoms with Crippen molar-refractivity contribution in [3.63, 3.8) is 0 Å². The molecule has 0 saturated carbocycles. The molecule has 0 aliphatic carbocycles. The average Bonchev–Trinajstić information content (AvgIpc) is 2.25. The van der Waals surface area contributed by atoms with Crippen molar-refractivity contribution in [1.29, 1.82) is 0 Å². The third kappa shape index (κ3) is 3.24. The zero-order valence-electron chi connectivity index (χ0n) is 9.79. The summed E-state index contributed by atoms with van der Waals surface area (Å²) in [6.45, 7) is 4.14. The molecule has 0 amide bonds. The molecule has 0 radical (unpaired) electrons. The molecule has 1 N–H and O–H groups in total. The van der Waals surface area contributed by atoms with Crippen LogP contribution >= 0.6 is 0 Å². The maximum Gasteiger partial charge on any atom is 0.119 e. The molecule has 1 unspecified atom stereocenters. The largest absolute Gasteiger partial charge is 0.497 e. The number of rotatable bonds is 5. The lowest BCUT2D eigenvalue weighted by molar-refractivity contribution is 0.163. The number of unbranched alkanes of at least 4 members (excludes halogenated alkanes) is 1. The molecule has 1 aromatic carbocycles. The van der Waals surface area contributed by atoms with E-state index in [1.165, 1.54) is 0 Å². The summed E-state index contributed by atoms with van der Waals surface area (Å²) < 4.78 is 5.13. The third-order valence-electron chi connectivity index (χ3n) is 2.67. The molecule has 1 atom stereocenters. The molecule has 2 nitrogen and oxygen atoms in total. The molecule has 0 saturated heterocycles. The van der Waals surface area contributed by atoms with Gasteiger partial charge >= 0.3 is 0 Å². The smallest absolute Gasteiger partial charge is 0.119 e. The second-order valence-corrected chi connectivity index (χ2v) is 3.88. The van der Waals surface area contributed by atoms with E-state index in [1.807, 2.05) is 25.1 Å². The number of aliphatic hydroxyl groups is 1. The van der Waals surface area contributed by atoms with Gasteiger partial charge in [-0.05, 0) is 36.6 Å². The lowest BCUT2D eigenvalue weighted by Crippen LogP contribution is -2.00. The summed E-state index contributed by atoms with van der Waals surface area (Å²) in [6.07, 6.45) is 2.68. The molecular weight excluding hydrogens is 188 g/mol. The molecule has 15 heavy (non-hydrogen) atoms. The van der Waals surface area contributed by atoms with E-state index in [1.54, 1.807) is 7.11 Å². The Balaban J connectivity index is 2.76. The van der Waals surface area contributed by atoms with Gasteiger partial charge in [-0.15, -0.1) is 0 Å². The van der Waals surface area contributed by atoms with Crippen molar-refractivity contribution >= 4 is 0 Å². The molecule has 0 heterocycles. The predicted molar refractivity (Wildman–Crippen MR) is 62.2 cm³/mol. The Bertz CT molecular complexity index is 307. The van der Waals surface area contributed by atoms with Gasteiger partial charge in [0.2, 0.25) is 0 Å². The Morgan fingerprint density at radius 2 is 2.13 bits per heavy atom. The molecule has 2 heteroatoms. The lowest BCUT2D eigenvalue weighted by Gasteiger charge is -2.14. The monoisotopic (exact) mass is 208 g/mol. The summed E-state index contributed by atoms with van der Waals surface area (Å²) in [6, 6.07) is 5.82. The van der Waals surface area contributed by atoms with Gasteiger partial charge in [-0.3, -0.25) is 0 Å². The van der Waals surface area contributed by atoms with E-state index in [0.717, 1.165) is 36.1 Å². The van der Waals surface area contributed by atoms with E-state index in [0.29, 0.717) is 0 Å². The lowest BCUT2D eigenvalue weighted by atomic mass is 9.99. The van der Waals surface area contributed by atoms with Gasteiger partial charge in [0.1, 0.15) is 5.75 Å². The molecule has 0 aliphatic rings. The van der Waals surface area contributed by atoms with Crippen LogP contribution in [0.15, 0.2) is 18.2 Å². The van der Waals surface area contributed by atoms with Crippen LogP contribution in [0.25, 0.3) is 0 Å². The van der Waals surface area contributed by atoms with Crippen LogP contribution in [0.3, 0.4) is 0 Å². The Morgan fingerprint density at radius 3 is 2.67 bits per heavy atom. The van der Waals surface area contributed by atoms with Crippen LogP contribution in [-0.2, 0) is 0 Å². The molecule has 84 valence electrons. The summed E-state index contributed by atoms with van der Waals surface area (Å²) in [4.78, 5) is 0. The van der Waals surface area contributed by atoms with Crippen molar-refractivity contribution in [2.75, 3.05) is 7.11 Å². The summed E-state index contributed by atoms with van der Waals surface area (Å²) in [5.74, 6) is 0.846. The van der Waals surface area contributed by atoms with Gasteiger partial charge < -0.3 is 9.84 Å². The van der Waals surface area contributed by atoms with Crippen LogP contribution in [0.1, 0.15) is 43.4 Å². The van der Waals surface area contributed by atoms with Gasteiger partial charge in [-0.2, -0.15) is 0 Å². The highest BCUT2D eigenvalue weighted by Crippen LogP contribution is 2.25. The number of benzene rings is 1. The second-order valence-electron chi connectivity index (χ2n) is 3.88. The highest BCUT2D eigenvalue weighted by molar-refractivity contribution is 5.35. The second kappa shape index (κ2) is 5.76. The van der Waals surface area contributed by atoms with Crippen molar-refractivity contribution < 1.29 is 9.84 Å². The number of hydrogen-bond acceptors (Lipinski definition) is 2. The number of ether oxygens (including phenoxy) is 1. The Morgan fingerprint density at radius 1 is 1.40 bits per heavy atom. The molecule has 1 aromatic rings. The van der Waals surface area contributed by atoms with E-state index in [4.69, 9.17) is 4.74 Å². The van der Waals surface area contributed by atoms with Gasteiger partial charge in [0.05, 0.1) is 13.2 Å². The van der Waals surface area contributed by atoms with Crippen LogP contribution in [-0.4, -0.2) is 12.2 Å². The summed E-state index contributed by atoms with van der Waals surface area (Å²) in [5, 5.41) is 9.96. The molecule has 0 aromatic heterocycles. The zero-order chi connectivity index (χ0) is 11.3. The van der Waals surface area contributed by atoms with E-state index in [9.17, 15) is 5.11 Å². The summed E-state index contributed by atoms with van der Waals surface area (Å²) in [5.41, 5.74) is 2.11. The fourth-order valence-electron chi connectivity index (χ4n) is 1.70. The minimum Gasteiger partial charge on any atom is -0.497 e. The quantitative estimate of drug-likeness (QED) is 0.805. The van der Waals surface area contributed by atoms with Crippen LogP contribution in [0.2, 0.25) is 0 Å². The first kappa shape index (κ1) is 12.1. The molecule has 0 fully saturated rings. The minimum absolute atomic E-state index is 0.337. The fourth-order valence-corrected chi connectivity index (χ4v) is 1.70. The van der Waals surface area contributed by atoms with Crippen LogP contribution in [0, 0.1) is 6.92 Å². The summed E-state index contributed by atoms with van der Waals surface area (Å²) >= 11 is 0. The van der Waals surface area contributed by atoms with Crippen molar-refractivity contribution in [3.05, 3.63) is 29.3 Å².